The fourth-order valence-electron chi connectivity index (χ4n) is 1.32. The van der Waals surface area contributed by atoms with Crippen molar-refractivity contribution in [3.8, 4) is 0 Å². The lowest BCUT2D eigenvalue weighted by atomic mass is 9.99. The fraction of sp³-hybridized carbons (Fsp3) is 0.615. The van der Waals surface area contributed by atoms with Gasteiger partial charge in [-0.2, -0.15) is 0 Å². The van der Waals surface area contributed by atoms with E-state index in [1.54, 1.807) is 6.92 Å². The van der Waals surface area contributed by atoms with Crippen LogP contribution in [-0.2, 0) is 9.53 Å². The van der Waals surface area contributed by atoms with Crippen LogP contribution in [0, 0.1) is 0 Å². The minimum absolute atomic E-state index is 0.145. The Labute approximate surface area is 98.4 Å². The molecule has 0 aliphatic heterocycles. The van der Waals surface area contributed by atoms with E-state index in [0.717, 1.165) is 18.4 Å². The third-order valence-electron chi connectivity index (χ3n) is 2.55. The maximum absolute atomic E-state index is 11.3. The van der Waals surface area contributed by atoms with Crippen LogP contribution in [-0.4, -0.2) is 19.1 Å². The second-order valence-electron chi connectivity index (χ2n) is 4.22. The average Bonchev–Trinajstić information content (AvgIpc) is 2.26. The molecule has 2 N–H and O–H groups in total. The van der Waals surface area contributed by atoms with Gasteiger partial charge in [0.05, 0.1) is 7.11 Å². The Morgan fingerprint density at radius 3 is 2.31 bits per heavy atom. The quantitative estimate of drug-likeness (QED) is 0.444. The molecule has 0 saturated heterocycles. The van der Waals surface area contributed by atoms with Crippen molar-refractivity contribution >= 4 is 5.97 Å². The van der Waals surface area contributed by atoms with Crippen LogP contribution < -0.4 is 5.73 Å². The van der Waals surface area contributed by atoms with Gasteiger partial charge in [0.2, 0.25) is 0 Å². The van der Waals surface area contributed by atoms with E-state index in [0.29, 0.717) is 5.57 Å². The highest BCUT2D eigenvalue weighted by atomic mass is 16.5. The molecule has 3 heteroatoms. The number of carbonyl (C=O) groups excluding carboxylic acids is 1. The number of hydrogen-bond donors (Lipinski definition) is 1. The van der Waals surface area contributed by atoms with Gasteiger partial charge in [-0.25, -0.2) is 4.79 Å². The first-order chi connectivity index (χ1) is 7.42. The van der Waals surface area contributed by atoms with Crippen molar-refractivity contribution in [1.29, 1.82) is 0 Å². The first kappa shape index (κ1) is 14.9. The molecule has 0 aliphatic rings. The molecule has 3 nitrogen and oxygen atoms in total. The molecule has 1 atom stereocenters. The molecule has 0 fully saturated rings. The minimum atomic E-state index is -0.288. The summed E-state index contributed by atoms with van der Waals surface area (Å²) in [5.74, 6) is -0.288. The summed E-state index contributed by atoms with van der Waals surface area (Å²) in [6, 6.07) is 0.145. The standard InChI is InChI=1S/C13H23NO2/c1-6-12(14)8-11(9(2)3)7-10(4)13(15)16-5/h7,12H,6,8,14H2,1-5H3. The van der Waals surface area contributed by atoms with E-state index >= 15 is 0 Å². The third kappa shape index (κ3) is 5.12. The monoisotopic (exact) mass is 225 g/mol. The third-order valence-corrected chi connectivity index (χ3v) is 2.55. The Balaban J connectivity index is 4.85. The van der Waals surface area contributed by atoms with Crippen molar-refractivity contribution in [2.45, 2.75) is 46.6 Å². The lowest BCUT2D eigenvalue weighted by Gasteiger charge is -2.12. The lowest BCUT2D eigenvalue weighted by Crippen LogP contribution is -2.19. The number of esters is 1. The van der Waals surface area contributed by atoms with E-state index < -0.39 is 0 Å². The SMILES string of the molecule is CCC(N)CC(C=C(C)C(=O)OC)=C(C)C. The van der Waals surface area contributed by atoms with Gasteiger partial charge in [0.25, 0.3) is 0 Å². The second kappa shape index (κ2) is 7.23. The van der Waals surface area contributed by atoms with Crippen LogP contribution in [0.4, 0.5) is 0 Å². The number of allylic oxidation sites excluding steroid dienone is 2. The maximum atomic E-state index is 11.3. The Morgan fingerprint density at radius 2 is 1.94 bits per heavy atom. The number of nitrogens with two attached hydrogens (primary N) is 1. The highest BCUT2D eigenvalue weighted by molar-refractivity contribution is 5.88. The zero-order chi connectivity index (χ0) is 12.7. The van der Waals surface area contributed by atoms with Crippen molar-refractivity contribution in [3.05, 3.63) is 22.8 Å². The summed E-state index contributed by atoms with van der Waals surface area (Å²) in [5, 5.41) is 0. The van der Waals surface area contributed by atoms with Crippen LogP contribution in [0.1, 0.15) is 40.5 Å². The van der Waals surface area contributed by atoms with Gasteiger partial charge < -0.3 is 10.5 Å². The van der Waals surface area contributed by atoms with E-state index in [1.165, 1.54) is 12.7 Å². The molecular weight excluding hydrogens is 202 g/mol. The average molecular weight is 225 g/mol. The van der Waals surface area contributed by atoms with Crippen LogP contribution in [0.2, 0.25) is 0 Å². The molecule has 0 aromatic rings. The van der Waals surface area contributed by atoms with E-state index in [4.69, 9.17) is 5.73 Å². The molecule has 0 aliphatic carbocycles. The van der Waals surface area contributed by atoms with E-state index in [2.05, 4.69) is 11.7 Å². The van der Waals surface area contributed by atoms with Crippen molar-refractivity contribution in [1.82, 2.24) is 0 Å². The van der Waals surface area contributed by atoms with Gasteiger partial charge >= 0.3 is 5.97 Å². The zero-order valence-corrected chi connectivity index (χ0v) is 11.0. The first-order valence-electron chi connectivity index (χ1n) is 5.60. The summed E-state index contributed by atoms with van der Waals surface area (Å²) in [6.45, 7) is 7.87. The zero-order valence-electron chi connectivity index (χ0n) is 11.0. The molecule has 92 valence electrons. The predicted octanol–water partition coefficient (Wildman–Crippen LogP) is 2.57. The molecular formula is C13H23NO2. The normalized spacial score (nSPS) is 13.2. The van der Waals surface area contributed by atoms with Crippen molar-refractivity contribution in [3.63, 3.8) is 0 Å². The van der Waals surface area contributed by atoms with Crippen LogP contribution in [0.5, 0.6) is 0 Å². The smallest absolute Gasteiger partial charge is 0.333 e. The summed E-state index contributed by atoms with van der Waals surface area (Å²) >= 11 is 0. The van der Waals surface area contributed by atoms with Crippen molar-refractivity contribution in [2.75, 3.05) is 7.11 Å². The maximum Gasteiger partial charge on any atom is 0.333 e. The van der Waals surface area contributed by atoms with Gasteiger partial charge in [-0.3, -0.25) is 0 Å². The van der Waals surface area contributed by atoms with Crippen LogP contribution in [0.25, 0.3) is 0 Å². The molecule has 0 spiro atoms. The largest absolute Gasteiger partial charge is 0.466 e. The molecule has 0 aromatic carbocycles. The molecule has 0 radical (unpaired) electrons. The molecule has 0 rings (SSSR count). The summed E-state index contributed by atoms with van der Waals surface area (Å²) in [6.07, 6.45) is 3.60. The Kier molecular flexibility index (Phi) is 6.74. The van der Waals surface area contributed by atoms with Crippen LogP contribution in [0.15, 0.2) is 22.8 Å². The number of rotatable bonds is 5. The van der Waals surface area contributed by atoms with Gasteiger partial charge in [-0.05, 0) is 45.3 Å². The summed E-state index contributed by atoms with van der Waals surface area (Å²) in [4.78, 5) is 11.3. The van der Waals surface area contributed by atoms with E-state index in [1.807, 2.05) is 19.9 Å². The summed E-state index contributed by atoms with van der Waals surface area (Å²) in [7, 11) is 1.39. The summed E-state index contributed by atoms with van der Waals surface area (Å²) < 4.78 is 4.66. The Bertz CT molecular complexity index is 299. The molecule has 1 unspecified atom stereocenters. The predicted molar refractivity (Wildman–Crippen MR) is 67.0 cm³/mol. The molecule has 0 heterocycles. The van der Waals surface area contributed by atoms with Crippen molar-refractivity contribution in [2.24, 2.45) is 5.73 Å². The Morgan fingerprint density at radius 1 is 1.38 bits per heavy atom. The van der Waals surface area contributed by atoms with Crippen molar-refractivity contribution < 1.29 is 9.53 Å². The number of ether oxygens (including phenoxy) is 1. The molecule has 0 bridgehead atoms. The van der Waals surface area contributed by atoms with E-state index in [-0.39, 0.29) is 12.0 Å². The second-order valence-corrected chi connectivity index (χ2v) is 4.22. The van der Waals surface area contributed by atoms with Crippen LogP contribution >= 0.6 is 0 Å². The molecule has 0 amide bonds. The molecule has 16 heavy (non-hydrogen) atoms. The number of hydrogen-bond acceptors (Lipinski definition) is 3. The fourth-order valence-corrected chi connectivity index (χ4v) is 1.32. The molecule has 0 saturated carbocycles. The number of carbonyl (C=O) groups is 1. The number of methoxy groups -OCH3 is 1. The lowest BCUT2D eigenvalue weighted by molar-refractivity contribution is -0.136. The highest BCUT2D eigenvalue weighted by Crippen LogP contribution is 2.15. The highest BCUT2D eigenvalue weighted by Gasteiger charge is 2.08. The van der Waals surface area contributed by atoms with Gasteiger partial charge in [-0.15, -0.1) is 0 Å². The minimum Gasteiger partial charge on any atom is -0.466 e. The topological polar surface area (TPSA) is 52.3 Å². The Hall–Kier alpha value is -1.09. The first-order valence-corrected chi connectivity index (χ1v) is 5.60. The van der Waals surface area contributed by atoms with E-state index in [9.17, 15) is 4.79 Å². The molecule has 0 aromatic heterocycles. The van der Waals surface area contributed by atoms with Gasteiger partial charge in [0.1, 0.15) is 0 Å². The van der Waals surface area contributed by atoms with Gasteiger partial charge in [0, 0.05) is 11.6 Å². The van der Waals surface area contributed by atoms with Gasteiger partial charge in [0.15, 0.2) is 0 Å². The van der Waals surface area contributed by atoms with Crippen LogP contribution in [0.3, 0.4) is 0 Å². The van der Waals surface area contributed by atoms with Gasteiger partial charge in [-0.1, -0.05) is 12.5 Å². The summed E-state index contributed by atoms with van der Waals surface area (Å²) in [5.41, 5.74) is 8.84.